The van der Waals surface area contributed by atoms with Crippen LogP contribution >= 0.6 is 0 Å². The van der Waals surface area contributed by atoms with Crippen LogP contribution in [0.5, 0.6) is 0 Å². The third-order valence-electron chi connectivity index (χ3n) is 4.33. The number of hydrogen-bond donors (Lipinski definition) is 1. The summed E-state index contributed by atoms with van der Waals surface area (Å²) in [7, 11) is 0. The van der Waals surface area contributed by atoms with E-state index in [0.717, 1.165) is 29.6 Å². The highest BCUT2D eigenvalue weighted by molar-refractivity contribution is 5.91. The highest BCUT2D eigenvalue weighted by Crippen LogP contribution is 2.27. The van der Waals surface area contributed by atoms with Gasteiger partial charge in [0.15, 0.2) is 0 Å². The third-order valence-corrected chi connectivity index (χ3v) is 4.33. The molecule has 0 spiro atoms. The van der Waals surface area contributed by atoms with Crippen molar-refractivity contribution in [3.63, 3.8) is 0 Å². The van der Waals surface area contributed by atoms with Gasteiger partial charge >= 0.3 is 0 Å². The fourth-order valence-electron chi connectivity index (χ4n) is 3.24. The molecule has 21 heavy (non-hydrogen) atoms. The van der Waals surface area contributed by atoms with Crippen LogP contribution in [0.15, 0.2) is 36.8 Å². The normalized spacial score (nSPS) is 14.3. The van der Waals surface area contributed by atoms with Crippen LogP contribution < -0.4 is 5.73 Å². The van der Waals surface area contributed by atoms with E-state index in [2.05, 4.69) is 38.8 Å². The summed E-state index contributed by atoms with van der Waals surface area (Å²) in [5.74, 6) is 0.971. The van der Waals surface area contributed by atoms with E-state index in [1.54, 1.807) is 0 Å². The summed E-state index contributed by atoms with van der Waals surface area (Å²) >= 11 is 0. The number of fused-ring (bicyclic) bond motifs is 2. The monoisotopic (exact) mass is 278 g/mol. The minimum Gasteiger partial charge on any atom is -0.326 e. The van der Waals surface area contributed by atoms with E-state index in [0.29, 0.717) is 6.54 Å². The number of rotatable bonds is 2. The number of hydrogen-bond acceptors (Lipinski definition) is 3. The zero-order valence-electron chi connectivity index (χ0n) is 11.9. The maximum absolute atomic E-state index is 5.84. The first-order valence-corrected chi connectivity index (χ1v) is 7.50. The molecule has 0 unspecified atom stereocenters. The number of aryl methyl sites for hydroxylation is 1. The van der Waals surface area contributed by atoms with Crippen molar-refractivity contribution in [1.29, 1.82) is 0 Å². The van der Waals surface area contributed by atoms with E-state index in [1.165, 1.54) is 29.6 Å². The zero-order chi connectivity index (χ0) is 14.2. The molecule has 0 amide bonds. The highest BCUT2D eigenvalue weighted by atomic mass is 15.1. The average Bonchev–Trinajstić information content (AvgIpc) is 2.98. The van der Waals surface area contributed by atoms with Gasteiger partial charge in [-0.2, -0.15) is 0 Å². The van der Waals surface area contributed by atoms with Crippen molar-refractivity contribution in [2.45, 2.75) is 32.2 Å². The van der Waals surface area contributed by atoms with Crippen LogP contribution in [0.1, 0.15) is 29.8 Å². The quantitative estimate of drug-likeness (QED) is 0.784. The zero-order valence-corrected chi connectivity index (χ0v) is 11.9. The number of aromatic nitrogens is 3. The molecule has 1 aliphatic carbocycles. The molecule has 0 atom stereocenters. The van der Waals surface area contributed by atoms with Gasteiger partial charge in [0.25, 0.3) is 0 Å². The number of imidazole rings is 1. The molecule has 4 heteroatoms. The lowest BCUT2D eigenvalue weighted by atomic mass is 10.0. The van der Waals surface area contributed by atoms with Crippen molar-refractivity contribution in [2.24, 2.45) is 5.73 Å². The van der Waals surface area contributed by atoms with Gasteiger partial charge in [-0.3, -0.25) is 4.57 Å². The molecule has 2 aromatic heterocycles. The van der Waals surface area contributed by atoms with Crippen LogP contribution in [0.3, 0.4) is 0 Å². The van der Waals surface area contributed by atoms with Crippen LogP contribution in [0.4, 0.5) is 0 Å². The maximum Gasteiger partial charge on any atom is 0.145 e. The van der Waals surface area contributed by atoms with Crippen molar-refractivity contribution in [2.75, 3.05) is 0 Å². The van der Waals surface area contributed by atoms with Crippen molar-refractivity contribution in [3.8, 4) is 5.82 Å². The Labute approximate surface area is 123 Å². The fourth-order valence-corrected chi connectivity index (χ4v) is 3.24. The van der Waals surface area contributed by atoms with Gasteiger partial charge in [-0.15, -0.1) is 0 Å². The second kappa shape index (κ2) is 4.97. The minimum absolute atomic E-state index is 0.510. The second-order valence-electron chi connectivity index (χ2n) is 5.57. The molecule has 2 heterocycles. The number of nitrogens with two attached hydrogens (primary N) is 1. The molecule has 0 saturated heterocycles. The summed E-state index contributed by atoms with van der Waals surface area (Å²) in [6.45, 7) is 0.510. The molecule has 0 radical (unpaired) electrons. The Kier molecular flexibility index (Phi) is 2.97. The van der Waals surface area contributed by atoms with Gasteiger partial charge in [0.05, 0.1) is 5.69 Å². The topological polar surface area (TPSA) is 56.7 Å². The largest absolute Gasteiger partial charge is 0.326 e. The average molecular weight is 278 g/mol. The number of benzene rings is 1. The Hall–Kier alpha value is -2.20. The molecule has 1 aromatic carbocycles. The predicted molar refractivity (Wildman–Crippen MR) is 83.4 cm³/mol. The minimum atomic E-state index is 0.510. The molecule has 2 N–H and O–H groups in total. The Morgan fingerprint density at radius 1 is 1.05 bits per heavy atom. The van der Waals surface area contributed by atoms with E-state index in [-0.39, 0.29) is 0 Å². The van der Waals surface area contributed by atoms with Gasteiger partial charge in [0, 0.05) is 23.8 Å². The van der Waals surface area contributed by atoms with E-state index in [4.69, 9.17) is 5.73 Å². The number of pyridine rings is 1. The molecule has 3 aromatic rings. The lowest BCUT2D eigenvalue weighted by Gasteiger charge is -2.15. The molecule has 4 nitrogen and oxygen atoms in total. The molecule has 1 aliphatic rings. The van der Waals surface area contributed by atoms with Crippen LogP contribution in [0.25, 0.3) is 16.6 Å². The van der Waals surface area contributed by atoms with Crippen LogP contribution in [0, 0.1) is 0 Å². The van der Waals surface area contributed by atoms with Crippen LogP contribution in [-0.2, 0) is 19.4 Å². The molecule has 106 valence electrons. The molecular weight excluding hydrogens is 260 g/mol. The lowest BCUT2D eigenvalue weighted by molar-refractivity contribution is 0.654. The maximum atomic E-state index is 5.84. The standard InChI is InChI=1S/C17H18N4/c18-9-12-10-19-17(14-6-2-1-5-13(12)14)21-11-20-15-7-3-4-8-16(15)21/h1-2,5-6,10-11H,3-4,7-9,18H2. The molecule has 4 rings (SSSR count). The van der Waals surface area contributed by atoms with Crippen molar-refractivity contribution < 1.29 is 0 Å². The Balaban J connectivity index is 1.97. The van der Waals surface area contributed by atoms with Crippen molar-refractivity contribution in [3.05, 3.63) is 53.7 Å². The van der Waals surface area contributed by atoms with Gasteiger partial charge in [-0.05, 0) is 36.6 Å². The van der Waals surface area contributed by atoms with Crippen molar-refractivity contribution in [1.82, 2.24) is 14.5 Å². The van der Waals surface area contributed by atoms with Crippen molar-refractivity contribution >= 4 is 10.8 Å². The van der Waals surface area contributed by atoms with Gasteiger partial charge in [0.1, 0.15) is 12.1 Å². The summed E-state index contributed by atoms with van der Waals surface area (Å²) in [5.41, 5.74) is 9.47. The Bertz CT molecular complexity index is 804. The van der Waals surface area contributed by atoms with Gasteiger partial charge in [-0.1, -0.05) is 24.3 Å². The summed E-state index contributed by atoms with van der Waals surface area (Å²) in [5, 5.41) is 2.33. The van der Waals surface area contributed by atoms with E-state index in [9.17, 15) is 0 Å². The molecule has 0 bridgehead atoms. The summed E-state index contributed by atoms with van der Waals surface area (Å²) in [6.07, 6.45) is 8.46. The SMILES string of the molecule is NCc1cnc(-n2cnc3c2CCCC3)c2ccccc12. The molecule has 0 aliphatic heterocycles. The van der Waals surface area contributed by atoms with Crippen LogP contribution in [0.2, 0.25) is 0 Å². The van der Waals surface area contributed by atoms with E-state index in [1.807, 2.05) is 12.5 Å². The van der Waals surface area contributed by atoms with E-state index < -0.39 is 0 Å². The molecular formula is C17H18N4. The molecule has 0 fully saturated rings. The van der Waals surface area contributed by atoms with Gasteiger partial charge < -0.3 is 5.73 Å². The third kappa shape index (κ3) is 1.94. The van der Waals surface area contributed by atoms with E-state index >= 15 is 0 Å². The smallest absolute Gasteiger partial charge is 0.145 e. The van der Waals surface area contributed by atoms with Crippen LogP contribution in [-0.4, -0.2) is 14.5 Å². The summed E-state index contributed by atoms with van der Waals surface area (Å²) < 4.78 is 2.16. The predicted octanol–water partition coefficient (Wildman–Crippen LogP) is 2.76. The van der Waals surface area contributed by atoms with Gasteiger partial charge in [0.2, 0.25) is 0 Å². The van der Waals surface area contributed by atoms with Gasteiger partial charge in [-0.25, -0.2) is 9.97 Å². The Morgan fingerprint density at radius 2 is 1.86 bits per heavy atom. The summed E-state index contributed by atoms with van der Waals surface area (Å²) in [6, 6.07) is 8.34. The molecule has 0 saturated carbocycles. The lowest BCUT2D eigenvalue weighted by Crippen LogP contribution is -2.09. The summed E-state index contributed by atoms with van der Waals surface area (Å²) in [4.78, 5) is 9.25. The second-order valence-corrected chi connectivity index (χ2v) is 5.57. The first-order valence-electron chi connectivity index (χ1n) is 7.50. The Morgan fingerprint density at radius 3 is 2.71 bits per heavy atom. The number of nitrogens with zero attached hydrogens (tertiary/aromatic N) is 3. The first-order chi connectivity index (χ1) is 10.4. The highest BCUT2D eigenvalue weighted by Gasteiger charge is 2.18. The first kappa shape index (κ1) is 12.5. The fraction of sp³-hybridized carbons (Fsp3) is 0.294.